The van der Waals surface area contributed by atoms with Crippen LogP contribution in [-0.2, 0) is 6.42 Å². The van der Waals surface area contributed by atoms with E-state index in [0.29, 0.717) is 28.9 Å². The van der Waals surface area contributed by atoms with Gasteiger partial charge in [0.25, 0.3) is 0 Å². The molecule has 0 unspecified atom stereocenters. The lowest BCUT2D eigenvalue weighted by atomic mass is 9.87. The summed E-state index contributed by atoms with van der Waals surface area (Å²) < 4.78 is 5.81. The molecule has 1 heterocycles. The molecule has 0 saturated carbocycles. The number of Topliss-reactive ketones (excluding diaryl/α,β-unsaturated/α-hetero) is 1. The Labute approximate surface area is 145 Å². The smallest absolute Gasteiger partial charge is 0.177 e. The average Bonchev–Trinajstić information content (AvgIpc) is 2.55. The predicted octanol–water partition coefficient (Wildman–Crippen LogP) is 3.67. The number of hydrogen-bond acceptors (Lipinski definition) is 5. The zero-order valence-corrected chi connectivity index (χ0v) is 14.1. The number of ether oxygens (including phenoxy) is 1. The summed E-state index contributed by atoms with van der Waals surface area (Å²) in [4.78, 5) is 12.9. The van der Waals surface area contributed by atoms with E-state index in [9.17, 15) is 20.1 Å². The van der Waals surface area contributed by atoms with Crippen LogP contribution in [0.2, 0.25) is 0 Å². The number of phenolic OH excluding ortho intramolecular Hbond substituents is 3. The minimum atomic E-state index is -0.658. The second-order valence-corrected chi connectivity index (χ2v) is 6.40. The lowest BCUT2D eigenvalue weighted by Crippen LogP contribution is -2.26. The van der Waals surface area contributed by atoms with Crippen molar-refractivity contribution in [2.75, 3.05) is 6.61 Å². The second kappa shape index (κ2) is 6.51. The zero-order chi connectivity index (χ0) is 18.1. The van der Waals surface area contributed by atoms with Crippen LogP contribution in [0.5, 0.6) is 23.0 Å². The number of rotatable bonds is 3. The molecule has 3 N–H and O–H groups in total. The van der Waals surface area contributed by atoms with E-state index in [1.165, 1.54) is 24.3 Å². The molecule has 0 aliphatic carbocycles. The van der Waals surface area contributed by atoms with Crippen LogP contribution in [0, 0.1) is 0 Å². The van der Waals surface area contributed by atoms with Crippen LogP contribution in [-0.4, -0.2) is 27.7 Å². The summed E-state index contributed by atoms with van der Waals surface area (Å²) in [7, 11) is 0. The van der Waals surface area contributed by atoms with Crippen LogP contribution in [0.4, 0.5) is 0 Å². The first kappa shape index (κ1) is 16.9. The van der Waals surface area contributed by atoms with Crippen molar-refractivity contribution in [2.45, 2.75) is 26.2 Å². The molecule has 1 aliphatic heterocycles. The van der Waals surface area contributed by atoms with E-state index in [2.05, 4.69) is 0 Å². The molecule has 1 aliphatic rings. The molecule has 2 aromatic carbocycles. The number of allylic oxidation sites excluding steroid dienone is 2. The molecular formula is C20H20O5. The highest BCUT2D eigenvalue weighted by atomic mass is 16.5. The number of carbonyl (C=O) groups is 1. The van der Waals surface area contributed by atoms with Gasteiger partial charge in [-0.3, -0.25) is 4.79 Å². The molecule has 130 valence electrons. The highest BCUT2D eigenvalue weighted by molar-refractivity contribution is 6.05. The van der Waals surface area contributed by atoms with E-state index < -0.39 is 5.92 Å². The first-order valence-electron chi connectivity index (χ1n) is 8.05. The van der Waals surface area contributed by atoms with Gasteiger partial charge in [0.15, 0.2) is 5.78 Å². The van der Waals surface area contributed by atoms with Gasteiger partial charge in [-0.05, 0) is 38.5 Å². The first-order chi connectivity index (χ1) is 11.9. The third kappa shape index (κ3) is 3.18. The number of fused-ring (bicyclic) bond motifs is 1. The van der Waals surface area contributed by atoms with Gasteiger partial charge in [-0.2, -0.15) is 0 Å². The van der Waals surface area contributed by atoms with Crippen molar-refractivity contribution < 1.29 is 24.9 Å². The van der Waals surface area contributed by atoms with Crippen molar-refractivity contribution in [3.63, 3.8) is 0 Å². The normalized spacial score (nSPS) is 16.1. The molecule has 0 radical (unpaired) electrons. The SMILES string of the molecule is CC(C)=CCc1c(O)ccc2c1OC[C@H](c1ccc(O)cc1O)C2=O. The minimum Gasteiger partial charge on any atom is -0.508 e. The van der Waals surface area contributed by atoms with Gasteiger partial charge in [0.1, 0.15) is 29.6 Å². The number of phenols is 3. The van der Waals surface area contributed by atoms with Gasteiger partial charge in [-0.15, -0.1) is 0 Å². The van der Waals surface area contributed by atoms with Gasteiger partial charge in [-0.1, -0.05) is 17.7 Å². The molecule has 2 aromatic rings. The summed E-state index contributed by atoms with van der Waals surface area (Å²) in [5.41, 5.74) is 2.48. The van der Waals surface area contributed by atoms with Crippen LogP contribution >= 0.6 is 0 Å². The monoisotopic (exact) mass is 340 g/mol. The van der Waals surface area contributed by atoms with Gasteiger partial charge in [0.2, 0.25) is 0 Å². The summed E-state index contributed by atoms with van der Waals surface area (Å²) in [5.74, 6) is -0.560. The van der Waals surface area contributed by atoms with Crippen molar-refractivity contribution >= 4 is 5.78 Å². The molecule has 0 amide bonds. The van der Waals surface area contributed by atoms with Crippen molar-refractivity contribution in [3.8, 4) is 23.0 Å². The Kier molecular flexibility index (Phi) is 4.40. The number of benzene rings is 2. The summed E-state index contributed by atoms with van der Waals surface area (Å²) >= 11 is 0. The third-order valence-corrected chi connectivity index (χ3v) is 4.32. The van der Waals surface area contributed by atoms with E-state index in [-0.39, 0.29) is 29.6 Å². The molecule has 5 heteroatoms. The molecule has 0 spiro atoms. The van der Waals surface area contributed by atoms with E-state index >= 15 is 0 Å². The fourth-order valence-corrected chi connectivity index (χ4v) is 2.97. The van der Waals surface area contributed by atoms with Crippen molar-refractivity contribution in [1.82, 2.24) is 0 Å². The van der Waals surface area contributed by atoms with Crippen LogP contribution in [0.3, 0.4) is 0 Å². The Balaban J connectivity index is 2.01. The maximum Gasteiger partial charge on any atom is 0.177 e. The van der Waals surface area contributed by atoms with E-state index in [0.717, 1.165) is 5.57 Å². The van der Waals surface area contributed by atoms with E-state index in [1.54, 1.807) is 6.07 Å². The van der Waals surface area contributed by atoms with Crippen molar-refractivity contribution in [1.29, 1.82) is 0 Å². The summed E-state index contributed by atoms with van der Waals surface area (Å²) in [6.45, 7) is 3.99. The molecule has 0 saturated heterocycles. The van der Waals surface area contributed by atoms with Crippen molar-refractivity contribution in [3.05, 3.63) is 58.7 Å². The standard InChI is InChI=1S/C20H20O5/c1-11(2)3-5-14-17(22)8-7-15-19(24)16(10-25-20(14)15)13-6-4-12(21)9-18(13)23/h3-4,6-9,16,21-23H,5,10H2,1-2H3/t16-/m1/s1. The van der Waals surface area contributed by atoms with Gasteiger partial charge >= 0.3 is 0 Å². The molecule has 0 aromatic heterocycles. The highest BCUT2D eigenvalue weighted by Gasteiger charge is 2.33. The van der Waals surface area contributed by atoms with E-state index in [4.69, 9.17) is 4.74 Å². The molecule has 25 heavy (non-hydrogen) atoms. The lowest BCUT2D eigenvalue weighted by Gasteiger charge is -2.27. The van der Waals surface area contributed by atoms with Gasteiger partial charge in [-0.25, -0.2) is 0 Å². The Morgan fingerprint density at radius 2 is 1.92 bits per heavy atom. The largest absolute Gasteiger partial charge is 0.508 e. The van der Waals surface area contributed by atoms with Crippen LogP contribution < -0.4 is 4.74 Å². The Hall–Kier alpha value is -2.95. The maximum atomic E-state index is 12.9. The topological polar surface area (TPSA) is 87.0 Å². The summed E-state index contributed by atoms with van der Waals surface area (Å²) in [5, 5.41) is 29.6. The zero-order valence-electron chi connectivity index (χ0n) is 14.1. The Bertz CT molecular complexity index is 863. The molecule has 3 rings (SSSR count). The molecule has 0 fully saturated rings. The molecule has 1 atom stereocenters. The average molecular weight is 340 g/mol. The van der Waals surface area contributed by atoms with E-state index in [1.807, 2.05) is 19.9 Å². The maximum absolute atomic E-state index is 12.9. The molecular weight excluding hydrogens is 320 g/mol. The summed E-state index contributed by atoms with van der Waals surface area (Å²) in [6, 6.07) is 7.19. The quantitative estimate of drug-likeness (QED) is 0.742. The van der Waals surface area contributed by atoms with Crippen LogP contribution in [0.25, 0.3) is 0 Å². The van der Waals surface area contributed by atoms with Crippen LogP contribution in [0.1, 0.15) is 41.3 Å². The molecule has 5 nitrogen and oxygen atoms in total. The number of ketones is 1. The first-order valence-corrected chi connectivity index (χ1v) is 8.05. The van der Waals surface area contributed by atoms with Gasteiger partial charge in [0, 0.05) is 17.2 Å². The highest BCUT2D eigenvalue weighted by Crippen LogP contribution is 2.41. The fourth-order valence-electron chi connectivity index (χ4n) is 2.97. The summed E-state index contributed by atoms with van der Waals surface area (Å²) in [6.07, 6.45) is 2.43. The number of carbonyl (C=O) groups excluding carboxylic acids is 1. The van der Waals surface area contributed by atoms with Crippen LogP contribution in [0.15, 0.2) is 42.0 Å². The van der Waals surface area contributed by atoms with Gasteiger partial charge in [0.05, 0.1) is 11.5 Å². The number of hydrogen-bond donors (Lipinski definition) is 3. The second-order valence-electron chi connectivity index (χ2n) is 6.40. The van der Waals surface area contributed by atoms with Gasteiger partial charge < -0.3 is 20.1 Å². The third-order valence-electron chi connectivity index (χ3n) is 4.32. The number of aromatic hydroxyl groups is 3. The lowest BCUT2D eigenvalue weighted by molar-refractivity contribution is 0.0892. The van der Waals surface area contributed by atoms with Crippen molar-refractivity contribution in [2.24, 2.45) is 0 Å². The Morgan fingerprint density at radius 1 is 1.16 bits per heavy atom. The predicted molar refractivity (Wildman–Crippen MR) is 93.6 cm³/mol. The Morgan fingerprint density at radius 3 is 2.60 bits per heavy atom. The minimum absolute atomic E-state index is 0.0649. The molecule has 0 bridgehead atoms. The fraction of sp³-hybridized carbons (Fsp3) is 0.250.